The van der Waals surface area contributed by atoms with E-state index in [1.807, 2.05) is 26.8 Å². The van der Waals surface area contributed by atoms with Crippen LogP contribution in [0.1, 0.15) is 116 Å². The maximum Gasteiger partial charge on any atom is 0.409 e. The number of epoxide rings is 1. The van der Waals surface area contributed by atoms with Crippen LogP contribution < -0.4 is 46.7 Å². The van der Waals surface area contributed by atoms with Crippen molar-refractivity contribution in [1.82, 2.24) is 26.2 Å². The Labute approximate surface area is 553 Å². The lowest BCUT2D eigenvalue weighted by Crippen LogP contribution is -2.63. The van der Waals surface area contributed by atoms with Crippen LogP contribution >= 0.6 is 43.5 Å². The van der Waals surface area contributed by atoms with Gasteiger partial charge in [0.15, 0.2) is 12.0 Å². The van der Waals surface area contributed by atoms with Gasteiger partial charge < -0.3 is 79.3 Å². The number of allylic oxidation sites excluding steroid dienone is 3. The van der Waals surface area contributed by atoms with Crippen LogP contribution in [0.15, 0.2) is 54.1 Å². The van der Waals surface area contributed by atoms with Crippen LogP contribution in [0.3, 0.4) is 0 Å². The van der Waals surface area contributed by atoms with Crippen LogP contribution in [-0.2, 0) is 58.9 Å². The van der Waals surface area contributed by atoms with Gasteiger partial charge in [-0.2, -0.15) is 0 Å². The standard InChI is InChI=1S/C63H89Br2ClN8O17/c1-35(2)52(69-41(31-75)18-15-23-60(6,7)91-62(32-64,33-65)34-76)55(79)71-43(19-16-24-68-58(67)82)54(78)70-40-21-22-42(45(28-40)85-11)56(80)73(9)38(5)57(81)89-49-29-50(77)74(10)44-26-39(27-46(86-12)51(44)66)25-36(3)17-14-20-48(87-13)63(84)30-47(88-59(83)72-63)37(4)53-61(49,8)90-53/h14,17,20-22,26-28,31,34-35,37-38,41,43,47-49,52-53,69,84H,15-16,18-19,23-25,29-30,32-33H2,1-13H3,(H,70,78)(H,71,79)(H,72,83)(H3,67,68,82)/b20-14+,36-17+/t37-,38+,41?,43+,47+,48-,49+,52+,53+,61+,63+/m1/s1. The van der Waals surface area contributed by atoms with Gasteiger partial charge >= 0.3 is 18.1 Å². The Hall–Kier alpha value is -6.20. The predicted molar refractivity (Wildman–Crippen MR) is 348 cm³/mol. The summed E-state index contributed by atoms with van der Waals surface area (Å²) in [4.78, 5) is 123. The molecule has 2 aromatic rings. The van der Waals surface area contributed by atoms with E-state index in [2.05, 4.69) is 58.4 Å². The van der Waals surface area contributed by atoms with Crippen molar-refractivity contribution in [2.75, 3.05) is 62.8 Å². The zero-order valence-electron chi connectivity index (χ0n) is 53.9. The van der Waals surface area contributed by atoms with Gasteiger partial charge in [-0.15, -0.1) is 0 Å². The minimum absolute atomic E-state index is 0.0116. The number of alkyl halides is 2. The lowest BCUT2D eigenvalue weighted by atomic mass is 9.83. The molecule has 28 heteroatoms. The van der Waals surface area contributed by atoms with Crippen molar-refractivity contribution in [3.05, 3.63) is 70.3 Å². The van der Waals surface area contributed by atoms with E-state index in [-0.39, 0.29) is 64.4 Å². The maximum absolute atomic E-state index is 14.6. The van der Waals surface area contributed by atoms with Crippen molar-refractivity contribution in [2.45, 2.75) is 178 Å². The molecule has 0 saturated carbocycles. The van der Waals surface area contributed by atoms with Crippen molar-refractivity contribution >= 4 is 109 Å². The summed E-state index contributed by atoms with van der Waals surface area (Å²) in [5, 5.41) is 26.4. The molecular weight excluding hydrogens is 1340 g/mol. The molecule has 91 heavy (non-hydrogen) atoms. The number of methoxy groups -OCH3 is 3. The summed E-state index contributed by atoms with van der Waals surface area (Å²) < 4.78 is 41.5. The summed E-state index contributed by atoms with van der Waals surface area (Å²) in [6.45, 7) is 14.1. The second kappa shape index (κ2) is 33.1. The number of nitrogens with two attached hydrogens (primary N) is 1. The summed E-state index contributed by atoms with van der Waals surface area (Å²) in [6.07, 6.45) is 2.91. The van der Waals surface area contributed by atoms with Gasteiger partial charge in [0, 0.05) is 62.5 Å². The van der Waals surface area contributed by atoms with E-state index >= 15 is 0 Å². The molecule has 3 aliphatic heterocycles. The molecule has 0 aromatic heterocycles. The topological polar surface area (TPSA) is 334 Å². The van der Waals surface area contributed by atoms with Gasteiger partial charge in [0.25, 0.3) is 5.91 Å². The molecule has 504 valence electrons. The number of aliphatic hydroxyl groups is 1. The monoisotopic (exact) mass is 1420 g/mol. The van der Waals surface area contributed by atoms with Gasteiger partial charge in [-0.1, -0.05) is 88.0 Å². The van der Waals surface area contributed by atoms with Crippen LogP contribution in [0.4, 0.5) is 21.0 Å². The average Bonchev–Trinajstić information content (AvgIpc) is 1.60. The van der Waals surface area contributed by atoms with E-state index in [4.69, 9.17) is 50.5 Å². The summed E-state index contributed by atoms with van der Waals surface area (Å²) in [5.41, 5.74) is 2.19. The van der Waals surface area contributed by atoms with E-state index in [1.165, 1.54) is 65.4 Å². The molecule has 2 aromatic carbocycles. The highest BCUT2D eigenvalue weighted by atomic mass is 79.9. The fraction of sp³-hybridized carbons (Fsp3) is 0.603. The number of halogens is 3. The molecule has 2 saturated heterocycles. The van der Waals surface area contributed by atoms with Crippen molar-refractivity contribution < 1.29 is 81.4 Å². The molecule has 5 rings (SSSR count). The van der Waals surface area contributed by atoms with Crippen LogP contribution in [0.5, 0.6) is 11.5 Å². The third-order valence-corrected chi connectivity index (χ3v) is 19.0. The molecule has 25 nitrogen and oxygen atoms in total. The van der Waals surface area contributed by atoms with Crippen molar-refractivity contribution in [3.63, 3.8) is 0 Å². The van der Waals surface area contributed by atoms with Crippen molar-refractivity contribution in [3.8, 4) is 11.5 Å². The Kier molecular flexibility index (Phi) is 27.4. The molecule has 0 spiro atoms. The minimum atomic E-state index is -1.93. The number of amides is 7. The lowest BCUT2D eigenvalue weighted by Gasteiger charge is -2.42. The first-order valence-electron chi connectivity index (χ1n) is 30.0. The number of nitrogens with zero attached hydrogens (tertiary/aromatic N) is 2. The average molecular weight is 1430 g/mol. The Morgan fingerprint density at radius 1 is 1.01 bits per heavy atom. The number of ether oxygens (including phenoxy) is 7. The summed E-state index contributed by atoms with van der Waals surface area (Å²) in [6, 6.07) is 2.69. The number of alkyl carbamates (subject to hydrolysis) is 1. The molecule has 11 atom stereocenters. The van der Waals surface area contributed by atoms with Crippen molar-refractivity contribution in [1.29, 1.82) is 0 Å². The number of anilines is 2. The Morgan fingerprint density at radius 2 is 1.69 bits per heavy atom. The van der Waals surface area contributed by atoms with Gasteiger partial charge in [0.05, 0.1) is 55.7 Å². The normalized spacial score (nSPS) is 24.3. The number of nitrogens with one attached hydrogen (secondary N) is 5. The number of primary amides is 1. The quantitative estimate of drug-likeness (QED) is 0.0155. The first-order valence-corrected chi connectivity index (χ1v) is 32.6. The molecule has 3 aliphatic rings. The number of carbonyl (C=O) groups is 9. The van der Waals surface area contributed by atoms with Crippen LogP contribution in [0.25, 0.3) is 0 Å². The van der Waals surface area contributed by atoms with E-state index in [0.29, 0.717) is 43.4 Å². The highest BCUT2D eigenvalue weighted by Gasteiger charge is 2.64. The zero-order valence-corrected chi connectivity index (χ0v) is 57.8. The number of fused-ring (bicyclic) bond motifs is 5. The van der Waals surface area contributed by atoms with Crippen LogP contribution in [0, 0.1) is 11.8 Å². The number of urea groups is 1. The van der Waals surface area contributed by atoms with Gasteiger partial charge in [-0.25, -0.2) is 14.4 Å². The number of rotatable bonds is 28. The van der Waals surface area contributed by atoms with Gasteiger partial charge in [-0.05, 0) is 109 Å². The number of aldehydes is 2. The number of esters is 1. The fourth-order valence-corrected chi connectivity index (χ4v) is 12.8. The van der Waals surface area contributed by atoms with Gasteiger partial charge in [0.2, 0.25) is 17.7 Å². The number of hydrogen-bond acceptors (Lipinski definition) is 18. The molecule has 4 bridgehead atoms. The molecule has 8 N–H and O–H groups in total. The fourth-order valence-electron chi connectivity index (χ4n) is 11.1. The van der Waals surface area contributed by atoms with Crippen LogP contribution in [0.2, 0.25) is 5.02 Å². The minimum Gasteiger partial charge on any atom is -0.496 e. The second-order valence-electron chi connectivity index (χ2n) is 24.5. The second-order valence-corrected chi connectivity index (χ2v) is 26.0. The lowest BCUT2D eigenvalue weighted by molar-refractivity contribution is -0.158. The van der Waals surface area contributed by atoms with E-state index in [0.717, 1.165) is 22.3 Å². The summed E-state index contributed by atoms with van der Waals surface area (Å²) in [7, 11) is 7.04. The molecular formula is C63H89Br2ClN8O17. The SMILES string of the molecule is COc1cc(NC(=O)[C@H](CCCNC(N)=O)NC(=O)[C@@H](NC(C=O)CCCC(C)(C)OC(C=O)(CBr)CBr)C(C)C)ccc1C(=O)N(C)[C@@H](C)C(=O)O[C@H]1CC(=O)N(C)c2cc(cc(OC)c2Cl)C/C(C)=C/C=C/[C@@H](OC)[C@@]2(O)C[C@H](OC(=O)N2)[C@@H](C)[C@@H]2O[C@@]12C. The Morgan fingerprint density at radius 3 is 2.30 bits per heavy atom. The predicted octanol–water partition coefficient (Wildman–Crippen LogP) is 6.58. The number of hydrogen-bond donors (Lipinski definition) is 7. The number of benzene rings is 2. The molecule has 0 radical (unpaired) electrons. The van der Waals surface area contributed by atoms with E-state index in [9.17, 15) is 48.3 Å². The zero-order chi connectivity index (χ0) is 67.9. The van der Waals surface area contributed by atoms with Crippen molar-refractivity contribution in [2.24, 2.45) is 17.6 Å². The molecule has 3 heterocycles. The summed E-state index contributed by atoms with van der Waals surface area (Å²) >= 11 is 13.6. The van der Waals surface area contributed by atoms with Crippen LogP contribution in [-0.4, -0.2) is 188 Å². The smallest absolute Gasteiger partial charge is 0.409 e. The highest BCUT2D eigenvalue weighted by molar-refractivity contribution is 9.10. The largest absolute Gasteiger partial charge is 0.496 e. The molecule has 2 fully saturated rings. The van der Waals surface area contributed by atoms with Gasteiger partial charge in [0.1, 0.15) is 64.4 Å². The third kappa shape index (κ3) is 19.7. The number of carbonyl (C=O) groups excluding carboxylic acids is 9. The first kappa shape index (κ1) is 75.5. The molecule has 7 amide bonds. The van der Waals surface area contributed by atoms with Gasteiger partial charge in [-0.3, -0.25) is 29.8 Å². The highest BCUT2D eigenvalue weighted by Crippen LogP contribution is 2.49. The molecule has 1 unspecified atom stereocenters. The third-order valence-electron chi connectivity index (χ3n) is 16.7. The number of likely N-dealkylation sites (N-methyl/N-ethyl adjacent to an activating group) is 1. The van der Waals surface area contributed by atoms with E-state index < -0.39 is 125 Å². The Balaban J connectivity index is 1.36. The Bertz CT molecular complexity index is 3020. The summed E-state index contributed by atoms with van der Waals surface area (Å²) in [5.74, 6) is -4.15. The molecule has 0 aliphatic carbocycles. The first-order chi connectivity index (χ1) is 42.8. The maximum atomic E-state index is 14.6. The van der Waals surface area contributed by atoms with E-state index in [1.54, 1.807) is 52.0 Å².